The Morgan fingerprint density at radius 1 is 0.706 bits per heavy atom. The van der Waals surface area contributed by atoms with E-state index in [1.807, 2.05) is 0 Å². The first-order chi connectivity index (χ1) is 7.84. The van der Waals surface area contributed by atoms with Gasteiger partial charge in [-0.15, -0.1) is 0 Å². The molecule has 0 rings (SSSR count). The van der Waals surface area contributed by atoms with E-state index < -0.39 is 18.1 Å². The highest BCUT2D eigenvalue weighted by molar-refractivity contribution is 6.69. The third-order valence-electron chi connectivity index (χ3n) is 4.04. The average molecular weight is 275 g/mol. The maximum atomic E-state index is 6.76. The van der Waals surface area contributed by atoms with Gasteiger partial charge >= 0.3 is 0 Å². The van der Waals surface area contributed by atoms with E-state index in [9.17, 15) is 0 Å². The average Bonchev–Trinajstić information content (AvgIpc) is 2.27. The van der Waals surface area contributed by atoms with Crippen LogP contribution in [-0.4, -0.2) is 18.1 Å². The second kappa shape index (κ2) is 8.49. The molecule has 0 heterocycles. The van der Waals surface area contributed by atoms with Crippen molar-refractivity contribution in [3.63, 3.8) is 0 Å². The monoisotopic (exact) mass is 274 g/mol. The highest BCUT2D eigenvalue weighted by Crippen LogP contribution is 2.31. The van der Waals surface area contributed by atoms with Gasteiger partial charge in [0, 0.05) is 0 Å². The van der Waals surface area contributed by atoms with Crippen molar-refractivity contribution in [2.45, 2.75) is 90.4 Å². The van der Waals surface area contributed by atoms with E-state index >= 15 is 0 Å². The molecule has 0 bridgehead atoms. The van der Waals surface area contributed by atoms with Crippen LogP contribution in [0.25, 0.3) is 0 Å². The Labute approximate surface area is 113 Å². The summed E-state index contributed by atoms with van der Waals surface area (Å²) in [6.07, 6.45) is 2.57. The number of hydrogen-bond acceptors (Lipinski definition) is 1. The molecule has 0 N–H and O–H groups in total. The van der Waals surface area contributed by atoms with Gasteiger partial charge in [-0.3, -0.25) is 0 Å². The highest BCUT2D eigenvalue weighted by Gasteiger charge is 2.30. The molecule has 0 aliphatic carbocycles. The molecule has 0 radical (unpaired) electrons. The molecule has 0 aliphatic rings. The third-order valence-corrected chi connectivity index (χ3v) is 12.4. The van der Waals surface area contributed by atoms with Gasteiger partial charge in [-0.1, -0.05) is 68.2 Å². The molecular formula is C14H34OSi2. The molecule has 0 spiro atoms. The predicted molar refractivity (Wildman–Crippen MR) is 85.0 cm³/mol. The Morgan fingerprint density at radius 3 is 1.18 bits per heavy atom. The van der Waals surface area contributed by atoms with Crippen molar-refractivity contribution < 1.29 is 4.12 Å². The zero-order valence-corrected chi connectivity index (χ0v) is 15.6. The topological polar surface area (TPSA) is 9.23 Å². The third kappa shape index (κ3) is 5.71. The van der Waals surface area contributed by atoms with Gasteiger partial charge in [0.25, 0.3) is 0 Å². The Kier molecular flexibility index (Phi) is 8.68. The van der Waals surface area contributed by atoms with Gasteiger partial charge in [-0.05, 0) is 22.2 Å². The fourth-order valence-electron chi connectivity index (χ4n) is 2.54. The summed E-state index contributed by atoms with van der Waals surface area (Å²) in [5, 5.41) is 0. The van der Waals surface area contributed by atoms with Crippen LogP contribution in [0, 0.1) is 0 Å². The summed E-state index contributed by atoms with van der Waals surface area (Å²) in [6, 6.07) is 0. The van der Waals surface area contributed by atoms with Gasteiger partial charge in [0.15, 0.2) is 18.1 Å². The summed E-state index contributed by atoms with van der Waals surface area (Å²) < 4.78 is 6.76. The molecule has 0 saturated carbocycles. The highest BCUT2D eigenvalue weighted by atomic mass is 28.4. The first kappa shape index (κ1) is 17.4. The van der Waals surface area contributed by atoms with Crippen LogP contribution in [0.4, 0.5) is 0 Å². The lowest BCUT2D eigenvalue weighted by atomic mass is 10.4. The molecule has 1 nitrogen and oxygen atoms in total. The van der Waals surface area contributed by atoms with Crippen LogP contribution in [0.5, 0.6) is 0 Å². The van der Waals surface area contributed by atoms with Gasteiger partial charge in [0.2, 0.25) is 0 Å². The quantitative estimate of drug-likeness (QED) is 0.574. The minimum Gasteiger partial charge on any atom is -0.459 e. The van der Waals surface area contributed by atoms with Gasteiger partial charge in [-0.25, -0.2) is 0 Å². The van der Waals surface area contributed by atoms with E-state index in [1.54, 1.807) is 0 Å². The molecule has 0 saturated heterocycles. The van der Waals surface area contributed by atoms with Gasteiger partial charge < -0.3 is 4.12 Å². The molecule has 0 aromatic carbocycles. The van der Waals surface area contributed by atoms with Gasteiger partial charge in [0.05, 0.1) is 0 Å². The number of hydrogen-bond donors (Lipinski definition) is 0. The normalized spacial score (nSPS) is 19.4. The molecule has 0 amide bonds. The molecular weight excluding hydrogens is 240 g/mol. The molecule has 4 atom stereocenters. The van der Waals surface area contributed by atoms with Crippen LogP contribution in [0.1, 0.15) is 68.2 Å². The Balaban J connectivity index is 4.68. The molecule has 4 unspecified atom stereocenters. The summed E-state index contributed by atoms with van der Waals surface area (Å²) in [4.78, 5) is 0. The first-order valence-corrected chi connectivity index (χ1v) is 11.1. The van der Waals surface area contributed by atoms with Crippen LogP contribution in [-0.2, 0) is 4.12 Å². The van der Waals surface area contributed by atoms with Crippen LogP contribution >= 0.6 is 0 Å². The van der Waals surface area contributed by atoms with Crippen LogP contribution in [0.3, 0.4) is 0 Å². The number of rotatable bonds is 8. The molecule has 0 aromatic rings. The Morgan fingerprint density at radius 2 is 1.00 bits per heavy atom. The maximum absolute atomic E-state index is 6.76. The van der Waals surface area contributed by atoms with E-state index in [4.69, 9.17) is 4.12 Å². The van der Waals surface area contributed by atoms with E-state index in [0.29, 0.717) is 0 Å². The summed E-state index contributed by atoms with van der Waals surface area (Å²) in [7, 11) is -2.05. The summed E-state index contributed by atoms with van der Waals surface area (Å²) >= 11 is 0. The van der Waals surface area contributed by atoms with Crippen LogP contribution in [0.15, 0.2) is 0 Å². The predicted octanol–water partition coefficient (Wildman–Crippen LogP) is 4.87. The lowest BCUT2D eigenvalue weighted by Gasteiger charge is -2.34. The molecule has 104 valence electrons. The van der Waals surface area contributed by atoms with Crippen molar-refractivity contribution in [3.8, 4) is 0 Å². The van der Waals surface area contributed by atoms with Crippen molar-refractivity contribution >= 4 is 18.1 Å². The van der Waals surface area contributed by atoms with E-state index in [1.165, 1.54) is 12.8 Å². The standard InChI is InChI=1S/C14H34OSi2/c1-9-13(7)16(11(3)4)15-17(12(5)6)14(8)10-2/h11-14,16-17H,9-10H2,1-8H3. The van der Waals surface area contributed by atoms with Gasteiger partial charge in [-0.2, -0.15) is 0 Å². The minimum atomic E-state index is -1.02. The van der Waals surface area contributed by atoms with Crippen molar-refractivity contribution in [1.29, 1.82) is 0 Å². The fourth-order valence-corrected chi connectivity index (χ4v) is 12.2. The van der Waals surface area contributed by atoms with E-state index in [-0.39, 0.29) is 0 Å². The fraction of sp³-hybridized carbons (Fsp3) is 1.00. The van der Waals surface area contributed by atoms with Crippen molar-refractivity contribution in [2.24, 2.45) is 0 Å². The molecule has 0 aliphatic heterocycles. The Bertz CT molecular complexity index is 175. The first-order valence-electron chi connectivity index (χ1n) is 7.50. The lowest BCUT2D eigenvalue weighted by molar-refractivity contribution is 0.503. The zero-order chi connectivity index (χ0) is 13.6. The van der Waals surface area contributed by atoms with Crippen LogP contribution in [0.2, 0.25) is 22.2 Å². The largest absolute Gasteiger partial charge is 0.459 e. The summed E-state index contributed by atoms with van der Waals surface area (Å²) in [6.45, 7) is 18.9. The zero-order valence-electron chi connectivity index (χ0n) is 13.3. The second-order valence-corrected chi connectivity index (χ2v) is 14.2. The van der Waals surface area contributed by atoms with E-state index in [2.05, 4.69) is 55.4 Å². The van der Waals surface area contributed by atoms with Crippen LogP contribution < -0.4 is 0 Å². The van der Waals surface area contributed by atoms with Crippen molar-refractivity contribution in [2.75, 3.05) is 0 Å². The second-order valence-electron chi connectivity index (χ2n) is 6.32. The maximum Gasteiger partial charge on any atom is 0.168 e. The molecule has 0 aromatic heterocycles. The van der Waals surface area contributed by atoms with E-state index in [0.717, 1.165) is 22.2 Å². The lowest BCUT2D eigenvalue weighted by Crippen LogP contribution is -2.38. The van der Waals surface area contributed by atoms with Crippen molar-refractivity contribution in [3.05, 3.63) is 0 Å². The molecule has 17 heavy (non-hydrogen) atoms. The smallest absolute Gasteiger partial charge is 0.168 e. The SMILES string of the molecule is CCC(C)[SiH](O[SiH](C(C)C)C(C)CC)C(C)C. The molecule has 3 heteroatoms. The minimum absolute atomic E-state index is 0.780. The summed E-state index contributed by atoms with van der Waals surface area (Å²) in [5.41, 5.74) is 3.21. The van der Waals surface area contributed by atoms with Crippen molar-refractivity contribution in [1.82, 2.24) is 0 Å². The Hall–Kier alpha value is 0.394. The summed E-state index contributed by atoms with van der Waals surface area (Å²) in [5.74, 6) is 0. The molecule has 0 fully saturated rings. The van der Waals surface area contributed by atoms with Gasteiger partial charge in [0.1, 0.15) is 0 Å².